The SMILES string of the molecule is O=C(Nc1c(OCCc2ncc(Cc3ccccc3)[nH]2)ccc2c1CCCC2=O)c1ccccc1. The minimum absolute atomic E-state index is 0.106. The summed E-state index contributed by atoms with van der Waals surface area (Å²) < 4.78 is 6.12. The van der Waals surface area contributed by atoms with E-state index >= 15 is 0 Å². The number of ether oxygens (including phenoxy) is 1. The Morgan fingerprint density at radius 3 is 2.54 bits per heavy atom. The molecular weight excluding hydrogens is 438 g/mol. The zero-order valence-corrected chi connectivity index (χ0v) is 19.4. The average Bonchev–Trinajstić information content (AvgIpc) is 3.33. The summed E-state index contributed by atoms with van der Waals surface area (Å²) in [6, 6.07) is 22.9. The Hall–Kier alpha value is -4.19. The number of amides is 1. The molecule has 4 aromatic rings. The molecule has 6 heteroatoms. The maximum atomic E-state index is 12.9. The Morgan fingerprint density at radius 1 is 0.971 bits per heavy atom. The molecule has 176 valence electrons. The predicted octanol–water partition coefficient (Wildman–Crippen LogP) is 5.39. The number of aromatic nitrogens is 2. The molecule has 1 heterocycles. The van der Waals surface area contributed by atoms with E-state index in [2.05, 4.69) is 27.4 Å². The van der Waals surface area contributed by atoms with Crippen molar-refractivity contribution in [2.24, 2.45) is 0 Å². The van der Waals surface area contributed by atoms with Crippen molar-refractivity contribution in [1.29, 1.82) is 0 Å². The molecule has 1 amide bonds. The van der Waals surface area contributed by atoms with Crippen molar-refractivity contribution in [3.05, 3.63) is 113 Å². The lowest BCUT2D eigenvalue weighted by molar-refractivity contribution is 0.0970. The van der Waals surface area contributed by atoms with Gasteiger partial charge in [-0.2, -0.15) is 0 Å². The normalized spacial score (nSPS) is 12.7. The van der Waals surface area contributed by atoms with Gasteiger partial charge in [0.25, 0.3) is 5.91 Å². The van der Waals surface area contributed by atoms with Crippen LogP contribution in [0.1, 0.15) is 56.2 Å². The second-order valence-electron chi connectivity index (χ2n) is 8.68. The van der Waals surface area contributed by atoms with Gasteiger partial charge in [-0.05, 0) is 48.2 Å². The summed E-state index contributed by atoms with van der Waals surface area (Å²) in [5.74, 6) is 1.30. The molecule has 0 aliphatic heterocycles. The first-order valence-corrected chi connectivity index (χ1v) is 11.9. The van der Waals surface area contributed by atoms with Gasteiger partial charge in [0, 0.05) is 42.3 Å². The highest BCUT2D eigenvalue weighted by molar-refractivity contribution is 6.07. The highest BCUT2D eigenvalue weighted by Gasteiger charge is 2.24. The quantitative estimate of drug-likeness (QED) is 0.365. The van der Waals surface area contributed by atoms with Crippen LogP contribution in [0.25, 0.3) is 0 Å². The number of aromatic amines is 1. The lowest BCUT2D eigenvalue weighted by Crippen LogP contribution is -2.19. The molecule has 0 spiro atoms. The van der Waals surface area contributed by atoms with Crippen molar-refractivity contribution in [1.82, 2.24) is 9.97 Å². The van der Waals surface area contributed by atoms with Crippen LogP contribution < -0.4 is 10.1 Å². The monoisotopic (exact) mass is 465 g/mol. The molecule has 0 radical (unpaired) electrons. The summed E-state index contributed by atoms with van der Waals surface area (Å²) in [5, 5.41) is 3.02. The van der Waals surface area contributed by atoms with Crippen LogP contribution in [-0.2, 0) is 19.3 Å². The molecule has 0 saturated heterocycles. The van der Waals surface area contributed by atoms with Crippen LogP contribution in [0.5, 0.6) is 5.75 Å². The van der Waals surface area contributed by atoms with E-state index in [1.54, 1.807) is 18.2 Å². The van der Waals surface area contributed by atoms with Crippen LogP contribution in [0.2, 0.25) is 0 Å². The first-order chi connectivity index (χ1) is 17.2. The molecule has 6 nitrogen and oxygen atoms in total. The van der Waals surface area contributed by atoms with Crippen molar-refractivity contribution in [2.75, 3.05) is 11.9 Å². The number of imidazole rings is 1. The molecule has 35 heavy (non-hydrogen) atoms. The summed E-state index contributed by atoms with van der Waals surface area (Å²) in [6.07, 6.45) is 5.27. The first-order valence-electron chi connectivity index (χ1n) is 11.9. The third-order valence-corrected chi connectivity index (χ3v) is 6.20. The molecule has 0 saturated carbocycles. The van der Waals surface area contributed by atoms with E-state index in [1.807, 2.05) is 48.7 Å². The molecule has 1 aliphatic rings. The lowest BCUT2D eigenvalue weighted by atomic mass is 9.89. The highest BCUT2D eigenvalue weighted by Crippen LogP contribution is 2.36. The molecule has 1 aliphatic carbocycles. The van der Waals surface area contributed by atoms with Crippen LogP contribution in [0.3, 0.4) is 0 Å². The number of nitrogens with one attached hydrogen (secondary N) is 2. The summed E-state index contributed by atoms with van der Waals surface area (Å²) in [6.45, 7) is 0.388. The van der Waals surface area contributed by atoms with Crippen molar-refractivity contribution in [3.8, 4) is 5.75 Å². The molecule has 5 rings (SSSR count). The number of anilines is 1. The fourth-order valence-corrected chi connectivity index (χ4v) is 4.44. The zero-order valence-electron chi connectivity index (χ0n) is 19.4. The Kier molecular flexibility index (Phi) is 6.70. The van der Waals surface area contributed by atoms with E-state index in [9.17, 15) is 9.59 Å². The van der Waals surface area contributed by atoms with Gasteiger partial charge < -0.3 is 15.0 Å². The Bertz CT molecular complexity index is 1330. The largest absolute Gasteiger partial charge is 0.491 e. The number of fused-ring (bicyclic) bond motifs is 1. The topological polar surface area (TPSA) is 84.1 Å². The molecule has 0 atom stereocenters. The fourth-order valence-electron chi connectivity index (χ4n) is 4.44. The number of rotatable bonds is 8. The number of nitrogens with zero attached hydrogens (tertiary/aromatic N) is 1. The number of carbonyl (C=O) groups excluding carboxylic acids is 2. The molecule has 0 fully saturated rings. The Balaban J connectivity index is 1.30. The van der Waals surface area contributed by atoms with Gasteiger partial charge in [-0.25, -0.2) is 4.98 Å². The maximum absolute atomic E-state index is 12.9. The van der Waals surface area contributed by atoms with Gasteiger partial charge in [0.1, 0.15) is 11.6 Å². The number of hydrogen-bond acceptors (Lipinski definition) is 4. The third-order valence-electron chi connectivity index (χ3n) is 6.20. The molecule has 1 aromatic heterocycles. The number of ketones is 1. The zero-order chi connectivity index (χ0) is 24.0. The Labute approximate surface area is 204 Å². The summed E-state index contributed by atoms with van der Waals surface area (Å²) in [7, 11) is 0. The van der Waals surface area contributed by atoms with E-state index in [-0.39, 0.29) is 11.7 Å². The van der Waals surface area contributed by atoms with E-state index < -0.39 is 0 Å². The second-order valence-corrected chi connectivity index (χ2v) is 8.68. The van der Waals surface area contributed by atoms with Crippen molar-refractivity contribution >= 4 is 17.4 Å². The maximum Gasteiger partial charge on any atom is 0.255 e. The van der Waals surface area contributed by atoms with Gasteiger partial charge in [0.05, 0.1) is 12.3 Å². The van der Waals surface area contributed by atoms with Crippen molar-refractivity contribution in [3.63, 3.8) is 0 Å². The smallest absolute Gasteiger partial charge is 0.255 e. The van der Waals surface area contributed by atoms with Crippen molar-refractivity contribution < 1.29 is 14.3 Å². The molecular formula is C29H27N3O3. The fraction of sp³-hybridized carbons (Fsp3) is 0.207. The summed E-state index contributed by atoms with van der Waals surface area (Å²) in [4.78, 5) is 33.2. The number of hydrogen-bond donors (Lipinski definition) is 2. The van der Waals surface area contributed by atoms with Gasteiger partial charge in [-0.15, -0.1) is 0 Å². The number of benzene rings is 3. The minimum atomic E-state index is -0.224. The first kappa shape index (κ1) is 22.6. The molecule has 0 bridgehead atoms. The van der Waals surface area contributed by atoms with E-state index in [0.717, 1.165) is 36.3 Å². The predicted molar refractivity (Wildman–Crippen MR) is 135 cm³/mol. The van der Waals surface area contributed by atoms with E-state index in [0.29, 0.717) is 42.0 Å². The average molecular weight is 466 g/mol. The van der Waals surface area contributed by atoms with Crippen molar-refractivity contribution in [2.45, 2.75) is 32.1 Å². The van der Waals surface area contributed by atoms with Crippen LogP contribution in [-0.4, -0.2) is 28.3 Å². The standard InChI is InChI=1S/C29H27N3O3/c33-25-13-7-12-24-23(25)14-15-26(28(24)32-29(34)21-10-5-2-6-11-21)35-17-16-27-30-19-22(31-27)18-20-8-3-1-4-9-20/h1-6,8-11,14-15,19H,7,12-13,16-18H2,(H,30,31)(H,32,34). The Morgan fingerprint density at radius 2 is 1.74 bits per heavy atom. The number of carbonyl (C=O) groups is 2. The second kappa shape index (κ2) is 10.4. The lowest BCUT2D eigenvalue weighted by Gasteiger charge is -2.22. The third kappa shape index (κ3) is 5.32. The van der Waals surface area contributed by atoms with E-state index in [1.165, 1.54) is 5.56 Å². The number of Topliss-reactive ketones (excluding diaryl/α,β-unsaturated/α-hetero) is 1. The summed E-state index contributed by atoms with van der Waals surface area (Å²) >= 11 is 0. The summed E-state index contributed by atoms with van der Waals surface area (Å²) in [5.41, 5.74) is 4.94. The van der Waals surface area contributed by atoms with Crippen LogP contribution >= 0.6 is 0 Å². The van der Waals surface area contributed by atoms with Crippen LogP contribution in [0, 0.1) is 0 Å². The van der Waals surface area contributed by atoms with Gasteiger partial charge in [0.15, 0.2) is 5.78 Å². The molecule has 2 N–H and O–H groups in total. The van der Waals surface area contributed by atoms with Gasteiger partial charge >= 0.3 is 0 Å². The molecule has 3 aromatic carbocycles. The highest BCUT2D eigenvalue weighted by atomic mass is 16.5. The van der Waals surface area contributed by atoms with E-state index in [4.69, 9.17) is 4.74 Å². The minimum Gasteiger partial charge on any atom is -0.491 e. The number of H-pyrrole nitrogens is 1. The van der Waals surface area contributed by atoms with Gasteiger partial charge in [-0.1, -0.05) is 48.5 Å². The van der Waals surface area contributed by atoms with Crippen LogP contribution in [0.15, 0.2) is 79.0 Å². The van der Waals surface area contributed by atoms with Gasteiger partial charge in [0.2, 0.25) is 0 Å². The van der Waals surface area contributed by atoms with Crippen LogP contribution in [0.4, 0.5) is 5.69 Å². The molecule has 0 unspecified atom stereocenters. The van der Waals surface area contributed by atoms with Gasteiger partial charge in [-0.3, -0.25) is 9.59 Å².